The molecule has 5 rings (SSSR count). The molecule has 4 heterocycles. The van der Waals surface area contributed by atoms with Gasteiger partial charge in [0, 0.05) is 42.0 Å². The molecule has 2 fully saturated rings. The molecule has 2 aromatic heterocycles. The molecular formula is C22H23F3N6O. The number of nitrogens with zero attached hydrogens (tertiary/aromatic N) is 5. The lowest BCUT2D eigenvalue weighted by Gasteiger charge is -2.38. The third kappa shape index (κ3) is 3.58. The lowest BCUT2D eigenvalue weighted by atomic mass is 9.96. The molecule has 168 valence electrons. The Morgan fingerprint density at radius 2 is 2.03 bits per heavy atom. The van der Waals surface area contributed by atoms with Crippen molar-refractivity contribution < 1.29 is 18.3 Å². The SMILES string of the molecule is CN(c1cnc(-c2cc(F)c(-c3cnn(CF)c3)cc2O)cn1)[C@@H]1C[C@H]2CC[C@H](N2)[C@@H]1F. The number of nitrogens with one attached hydrogen (secondary N) is 1. The molecule has 0 unspecified atom stereocenters. The first-order chi connectivity index (χ1) is 15.4. The summed E-state index contributed by atoms with van der Waals surface area (Å²) in [5, 5.41) is 17.6. The number of halogens is 3. The summed E-state index contributed by atoms with van der Waals surface area (Å²) in [6.45, 7) is -0.829. The van der Waals surface area contributed by atoms with Crippen LogP contribution in [0, 0.1) is 5.82 Å². The Morgan fingerprint density at radius 1 is 1.19 bits per heavy atom. The number of aromatic hydroxyl groups is 1. The van der Waals surface area contributed by atoms with E-state index >= 15 is 0 Å². The van der Waals surface area contributed by atoms with Gasteiger partial charge < -0.3 is 15.3 Å². The first-order valence-corrected chi connectivity index (χ1v) is 10.5. The first kappa shape index (κ1) is 20.7. The number of rotatable bonds is 5. The van der Waals surface area contributed by atoms with Gasteiger partial charge in [-0.2, -0.15) is 5.10 Å². The molecule has 10 heteroatoms. The first-order valence-electron chi connectivity index (χ1n) is 10.5. The van der Waals surface area contributed by atoms with E-state index in [9.17, 15) is 18.3 Å². The lowest BCUT2D eigenvalue weighted by Crippen LogP contribution is -2.55. The summed E-state index contributed by atoms with van der Waals surface area (Å²) in [6.07, 6.45) is 7.15. The van der Waals surface area contributed by atoms with Gasteiger partial charge in [-0.05, 0) is 31.4 Å². The van der Waals surface area contributed by atoms with E-state index in [1.807, 2.05) is 0 Å². The molecular weight excluding hydrogens is 421 g/mol. The minimum atomic E-state index is -0.993. The van der Waals surface area contributed by atoms with Gasteiger partial charge in [-0.1, -0.05) is 0 Å². The zero-order chi connectivity index (χ0) is 22.4. The second-order valence-electron chi connectivity index (χ2n) is 8.40. The Labute approximate surface area is 182 Å². The highest BCUT2D eigenvalue weighted by Gasteiger charge is 2.43. The van der Waals surface area contributed by atoms with Gasteiger partial charge in [0.05, 0.1) is 30.3 Å². The summed E-state index contributed by atoms with van der Waals surface area (Å²) in [5.74, 6) is -0.286. The minimum Gasteiger partial charge on any atom is -0.507 e. The molecule has 3 aromatic rings. The van der Waals surface area contributed by atoms with E-state index in [1.54, 1.807) is 11.9 Å². The molecule has 1 aromatic carbocycles. The van der Waals surface area contributed by atoms with Crippen LogP contribution in [0.4, 0.5) is 19.0 Å². The topological polar surface area (TPSA) is 79.1 Å². The molecule has 0 amide bonds. The molecule has 2 bridgehead atoms. The Morgan fingerprint density at radius 3 is 2.75 bits per heavy atom. The zero-order valence-corrected chi connectivity index (χ0v) is 17.4. The number of phenols is 1. The minimum absolute atomic E-state index is 0.102. The predicted octanol–water partition coefficient (Wildman–Crippen LogP) is 3.45. The summed E-state index contributed by atoms with van der Waals surface area (Å²) in [7, 11) is 1.80. The number of alkyl halides is 2. The summed E-state index contributed by atoms with van der Waals surface area (Å²) in [5.41, 5.74) is 0.910. The van der Waals surface area contributed by atoms with Crippen molar-refractivity contribution in [2.45, 2.75) is 50.4 Å². The van der Waals surface area contributed by atoms with E-state index in [0.29, 0.717) is 23.8 Å². The molecule has 32 heavy (non-hydrogen) atoms. The standard InChI is InChI=1S/C22H23F3N6O/c1-30(19-4-13-2-3-17(29-13)22(19)25)21-9-26-18(8-27-21)15-5-16(24)14(6-20(15)32)12-7-28-31(10-12)11-23/h5-10,13,17,19,22,29,32H,2-4,11H2,1H3/t13-,17+,19-,22+/m1/s1. The second-order valence-corrected chi connectivity index (χ2v) is 8.40. The fourth-order valence-electron chi connectivity index (χ4n) is 4.72. The van der Waals surface area contributed by atoms with Gasteiger partial charge in [-0.3, -0.25) is 4.98 Å². The molecule has 2 saturated heterocycles. The lowest BCUT2D eigenvalue weighted by molar-refractivity contribution is 0.176. The third-order valence-electron chi connectivity index (χ3n) is 6.48. The molecule has 2 aliphatic heterocycles. The van der Waals surface area contributed by atoms with Crippen molar-refractivity contribution in [3.63, 3.8) is 0 Å². The maximum absolute atomic E-state index is 14.9. The van der Waals surface area contributed by atoms with Gasteiger partial charge in [-0.15, -0.1) is 0 Å². The van der Waals surface area contributed by atoms with Crippen LogP contribution in [-0.4, -0.2) is 56.2 Å². The average molecular weight is 444 g/mol. The van der Waals surface area contributed by atoms with Crippen molar-refractivity contribution in [3.8, 4) is 28.1 Å². The Hall–Kier alpha value is -3.14. The summed E-state index contributed by atoms with van der Waals surface area (Å²) in [4.78, 5) is 10.5. The summed E-state index contributed by atoms with van der Waals surface area (Å²) < 4.78 is 43.3. The van der Waals surface area contributed by atoms with Crippen molar-refractivity contribution in [2.24, 2.45) is 0 Å². The molecule has 0 aliphatic carbocycles. The number of aromatic nitrogens is 4. The zero-order valence-electron chi connectivity index (χ0n) is 17.4. The van der Waals surface area contributed by atoms with E-state index in [2.05, 4.69) is 20.4 Å². The van der Waals surface area contributed by atoms with Crippen LogP contribution < -0.4 is 10.2 Å². The van der Waals surface area contributed by atoms with Crippen LogP contribution in [0.2, 0.25) is 0 Å². The molecule has 0 radical (unpaired) electrons. The van der Waals surface area contributed by atoms with Gasteiger partial charge in [-0.25, -0.2) is 22.8 Å². The monoisotopic (exact) mass is 444 g/mol. The average Bonchev–Trinajstić information content (AvgIpc) is 3.45. The summed E-state index contributed by atoms with van der Waals surface area (Å²) in [6, 6.07) is 2.33. The smallest absolute Gasteiger partial charge is 0.181 e. The van der Waals surface area contributed by atoms with Crippen molar-refractivity contribution >= 4 is 5.82 Å². The fourth-order valence-corrected chi connectivity index (χ4v) is 4.72. The van der Waals surface area contributed by atoms with Crippen molar-refractivity contribution in [3.05, 3.63) is 42.7 Å². The van der Waals surface area contributed by atoms with Crippen molar-refractivity contribution in [1.29, 1.82) is 0 Å². The van der Waals surface area contributed by atoms with E-state index in [1.165, 1.54) is 30.9 Å². The Balaban J connectivity index is 1.38. The highest BCUT2D eigenvalue weighted by molar-refractivity contribution is 5.74. The Kier molecular flexibility index (Phi) is 5.24. The molecule has 4 atom stereocenters. The molecule has 0 spiro atoms. The molecule has 0 saturated carbocycles. The van der Waals surface area contributed by atoms with Gasteiger partial charge >= 0.3 is 0 Å². The number of piperidine rings is 1. The van der Waals surface area contributed by atoms with Crippen LogP contribution in [0.1, 0.15) is 19.3 Å². The largest absolute Gasteiger partial charge is 0.507 e. The maximum Gasteiger partial charge on any atom is 0.181 e. The van der Waals surface area contributed by atoms with Gasteiger partial charge in [0.25, 0.3) is 0 Å². The molecule has 2 N–H and O–H groups in total. The fraction of sp³-hybridized carbons (Fsp3) is 0.409. The van der Waals surface area contributed by atoms with Crippen LogP contribution >= 0.6 is 0 Å². The van der Waals surface area contributed by atoms with Gasteiger partial charge in [0.15, 0.2) is 6.80 Å². The quantitative estimate of drug-likeness (QED) is 0.628. The summed E-state index contributed by atoms with van der Waals surface area (Å²) >= 11 is 0. The van der Waals surface area contributed by atoms with Crippen LogP contribution in [0.3, 0.4) is 0 Å². The Bertz CT molecular complexity index is 1120. The van der Waals surface area contributed by atoms with Gasteiger partial charge in [0.1, 0.15) is 23.6 Å². The number of phenolic OH excluding ortho intramolecular Hbond substituents is 1. The predicted molar refractivity (Wildman–Crippen MR) is 113 cm³/mol. The van der Waals surface area contributed by atoms with Crippen LogP contribution in [0.25, 0.3) is 22.4 Å². The third-order valence-corrected chi connectivity index (χ3v) is 6.48. The normalized spacial score (nSPS) is 24.6. The van der Waals surface area contributed by atoms with E-state index in [4.69, 9.17) is 0 Å². The molecule has 7 nitrogen and oxygen atoms in total. The van der Waals surface area contributed by atoms with Gasteiger partial charge in [0.2, 0.25) is 0 Å². The number of anilines is 1. The van der Waals surface area contributed by atoms with E-state index in [-0.39, 0.29) is 34.7 Å². The number of fused-ring (bicyclic) bond motifs is 2. The van der Waals surface area contributed by atoms with Crippen LogP contribution in [0.15, 0.2) is 36.9 Å². The van der Waals surface area contributed by atoms with Crippen molar-refractivity contribution in [1.82, 2.24) is 25.1 Å². The van der Waals surface area contributed by atoms with E-state index < -0.39 is 18.8 Å². The van der Waals surface area contributed by atoms with Crippen LogP contribution in [0.5, 0.6) is 5.75 Å². The number of hydrogen-bond acceptors (Lipinski definition) is 6. The second kappa shape index (κ2) is 8.09. The number of hydrogen-bond donors (Lipinski definition) is 2. The highest BCUT2D eigenvalue weighted by Crippen LogP contribution is 2.36. The molecule has 2 aliphatic rings. The van der Waals surface area contributed by atoms with Crippen molar-refractivity contribution in [2.75, 3.05) is 11.9 Å². The maximum atomic E-state index is 14.9. The van der Waals surface area contributed by atoms with Crippen LogP contribution in [-0.2, 0) is 6.80 Å². The highest BCUT2D eigenvalue weighted by atomic mass is 19.1. The number of benzene rings is 1. The van der Waals surface area contributed by atoms with E-state index in [0.717, 1.165) is 23.6 Å².